The maximum Gasteiger partial charge on any atom is 0.268 e. The van der Waals surface area contributed by atoms with Gasteiger partial charge < -0.3 is 9.64 Å². The van der Waals surface area contributed by atoms with Gasteiger partial charge in [0.2, 0.25) is 0 Å². The van der Waals surface area contributed by atoms with Gasteiger partial charge in [-0.25, -0.2) is 4.68 Å². The predicted octanol–water partition coefficient (Wildman–Crippen LogP) is 1.43. The predicted molar refractivity (Wildman–Crippen MR) is 83.8 cm³/mol. The third-order valence-electron chi connectivity index (χ3n) is 3.62. The highest BCUT2D eigenvalue weighted by Crippen LogP contribution is 2.13. The van der Waals surface area contributed by atoms with Gasteiger partial charge in [-0.05, 0) is 18.1 Å². The lowest BCUT2D eigenvalue weighted by molar-refractivity contribution is 0.122. The summed E-state index contributed by atoms with van der Waals surface area (Å²) in [6.45, 7) is 5.86. The molecule has 20 heavy (non-hydrogen) atoms. The van der Waals surface area contributed by atoms with E-state index in [2.05, 4.69) is 29.6 Å². The molecule has 5 nitrogen and oxygen atoms in total. The molecule has 2 rings (SSSR count). The first kappa shape index (κ1) is 15.4. The molecule has 0 spiro atoms. The van der Waals surface area contributed by atoms with E-state index in [4.69, 9.17) is 4.74 Å². The maximum absolute atomic E-state index is 12.2. The average Bonchev–Trinajstić information content (AvgIpc) is 2.49. The molecule has 2 heterocycles. The molecule has 0 amide bonds. The minimum absolute atomic E-state index is 0.0307. The van der Waals surface area contributed by atoms with Gasteiger partial charge in [-0.1, -0.05) is 13.3 Å². The molecule has 0 saturated carbocycles. The molecule has 0 aromatic carbocycles. The zero-order chi connectivity index (χ0) is 14.4. The third-order valence-corrected chi connectivity index (χ3v) is 4.13. The summed E-state index contributed by atoms with van der Waals surface area (Å²) in [7, 11) is 0. The van der Waals surface area contributed by atoms with Crippen molar-refractivity contribution in [1.29, 1.82) is 0 Å². The van der Waals surface area contributed by atoms with Crippen molar-refractivity contribution in [3.05, 3.63) is 22.6 Å². The van der Waals surface area contributed by atoms with Crippen molar-refractivity contribution >= 4 is 18.3 Å². The standard InChI is InChI=1S/C14H23N3O2S/c1-2-3-12(11-20)10-17-14(18)8-13(9-15-17)16-4-6-19-7-5-16/h8-9,12,20H,2-7,10-11H2,1H3. The summed E-state index contributed by atoms with van der Waals surface area (Å²) in [5, 5.41) is 4.31. The Kier molecular flexibility index (Phi) is 5.91. The van der Waals surface area contributed by atoms with Crippen molar-refractivity contribution < 1.29 is 4.74 Å². The number of ether oxygens (including phenoxy) is 1. The fourth-order valence-corrected chi connectivity index (χ4v) is 2.75. The zero-order valence-electron chi connectivity index (χ0n) is 12.0. The number of hydrogen-bond acceptors (Lipinski definition) is 5. The van der Waals surface area contributed by atoms with Gasteiger partial charge in [0.05, 0.1) is 25.1 Å². The molecule has 0 radical (unpaired) electrons. The van der Waals surface area contributed by atoms with Crippen LogP contribution in [0.2, 0.25) is 0 Å². The van der Waals surface area contributed by atoms with Crippen LogP contribution in [0.3, 0.4) is 0 Å². The molecule has 1 aromatic rings. The molecule has 0 aliphatic carbocycles. The summed E-state index contributed by atoms with van der Waals surface area (Å²) in [4.78, 5) is 14.3. The third kappa shape index (κ3) is 3.99. The smallest absolute Gasteiger partial charge is 0.268 e. The van der Waals surface area contributed by atoms with Crippen molar-refractivity contribution in [2.24, 2.45) is 5.92 Å². The van der Waals surface area contributed by atoms with Crippen LogP contribution in [0, 0.1) is 5.92 Å². The molecular weight excluding hydrogens is 274 g/mol. The van der Waals surface area contributed by atoms with Crippen LogP contribution in [0.25, 0.3) is 0 Å². The first-order chi connectivity index (χ1) is 9.74. The van der Waals surface area contributed by atoms with Crippen molar-refractivity contribution in [1.82, 2.24) is 9.78 Å². The largest absolute Gasteiger partial charge is 0.378 e. The fourth-order valence-electron chi connectivity index (χ4n) is 2.45. The summed E-state index contributed by atoms with van der Waals surface area (Å²) in [5.74, 6) is 1.19. The molecule has 1 saturated heterocycles. The lowest BCUT2D eigenvalue weighted by Gasteiger charge is -2.28. The number of aromatic nitrogens is 2. The van der Waals surface area contributed by atoms with Gasteiger partial charge in [-0.15, -0.1) is 0 Å². The summed E-state index contributed by atoms with van der Waals surface area (Å²) < 4.78 is 6.87. The van der Waals surface area contributed by atoms with Gasteiger partial charge in [0.1, 0.15) is 0 Å². The lowest BCUT2D eigenvalue weighted by Crippen LogP contribution is -2.37. The van der Waals surface area contributed by atoms with Gasteiger partial charge in [0.15, 0.2) is 0 Å². The van der Waals surface area contributed by atoms with Crippen LogP contribution in [0.1, 0.15) is 19.8 Å². The molecule has 0 bridgehead atoms. The molecule has 1 fully saturated rings. The quantitative estimate of drug-likeness (QED) is 0.807. The molecule has 0 N–H and O–H groups in total. The van der Waals surface area contributed by atoms with Gasteiger partial charge in [-0.3, -0.25) is 4.79 Å². The maximum atomic E-state index is 12.2. The SMILES string of the molecule is CCCC(CS)Cn1ncc(N2CCOCC2)cc1=O. The number of thiol groups is 1. The zero-order valence-corrected chi connectivity index (χ0v) is 12.9. The van der Waals surface area contributed by atoms with E-state index in [1.165, 1.54) is 0 Å². The fraction of sp³-hybridized carbons (Fsp3) is 0.714. The topological polar surface area (TPSA) is 47.4 Å². The second-order valence-electron chi connectivity index (χ2n) is 5.17. The van der Waals surface area contributed by atoms with Gasteiger partial charge in [0.25, 0.3) is 5.56 Å². The summed E-state index contributed by atoms with van der Waals surface area (Å²) in [6, 6.07) is 1.68. The molecule has 6 heteroatoms. The van der Waals surface area contributed by atoms with Crippen molar-refractivity contribution in [3.8, 4) is 0 Å². The molecule has 1 unspecified atom stereocenters. The number of rotatable bonds is 6. The van der Waals surface area contributed by atoms with E-state index in [0.29, 0.717) is 25.7 Å². The summed E-state index contributed by atoms with van der Waals surface area (Å²) in [5.41, 5.74) is 0.865. The Hall–Kier alpha value is -1.01. The molecule has 1 aliphatic rings. The van der Waals surface area contributed by atoms with E-state index in [1.54, 1.807) is 16.9 Å². The monoisotopic (exact) mass is 297 g/mol. The Morgan fingerprint density at radius 1 is 1.45 bits per heavy atom. The summed E-state index contributed by atoms with van der Waals surface area (Å²) >= 11 is 4.35. The highest BCUT2D eigenvalue weighted by molar-refractivity contribution is 7.80. The minimum Gasteiger partial charge on any atom is -0.378 e. The van der Waals surface area contributed by atoms with E-state index >= 15 is 0 Å². The van der Waals surface area contributed by atoms with E-state index in [0.717, 1.165) is 37.4 Å². The Morgan fingerprint density at radius 2 is 2.20 bits per heavy atom. The van der Waals surface area contributed by atoms with Crippen LogP contribution in [-0.2, 0) is 11.3 Å². The Bertz CT molecular complexity index is 472. The average molecular weight is 297 g/mol. The minimum atomic E-state index is -0.0307. The molecule has 1 aromatic heterocycles. The molecular formula is C14H23N3O2S. The van der Waals surface area contributed by atoms with E-state index in [-0.39, 0.29) is 5.56 Å². The number of nitrogens with zero attached hydrogens (tertiary/aromatic N) is 3. The van der Waals surface area contributed by atoms with Crippen LogP contribution >= 0.6 is 12.6 Å². The number of hydrogen-bond donors (Lipinski definition) is 1. The van der Waals surface area contributed by atoms with E-state index in [9.17, 15) is 4.79 Å². The van der Waals surface area contributed by atoms with Gasteiger partial charge >= 0.3 is 0 Å². The van der Waals surface area contributed by atoms with Gasteiger partial charge in [0, 0.05) is 25.7 Å². The van der Waals surface area contributed by atoms with Crippen LogP contribution in [0.4, 0.5) is 5.69 Å². The second-order valence-corrected chi connectivity index (χ2v) is 5.54. The van der Waals surface area contributed by atoms with Crippen LogP contribution in [0.5, 0.6) is 0 Å². The molecule has 1 aliphatic heterocycles. The van der Waals surface area contributed by atoms with Crippen LogP contribution in [-0.4, -0.2) is 41.8 Å². The molecule has 1 atom stereocenters. The van der Waals surface area contributed by atoms with Crippen molar-refractivity contribution in [2.75, 3.05) is 37.0 Å². The second kappa shape index (κ2) is 7.69. The number of morpholine rings is 1. The van der Waals surface area contributed by atoms with Crippen LogP contribution in [0.15, 0.2) is 17.1 Å². The van der Waals surface area contributed by atoms with Crippen LogP contribution < -0.4 is 10.5 Å². The Balaban J connectivity index is 2.07. The lowest BCUT2D eigenvalue weighted by atomic mass is 10.1. The highest BCUT2D eigenvalue weighted by atomic mass is 32.1. The van der Waals surface area contributed by atoms with Gasteiger partial charge in [-0.2, -0.15) is 17.7 Å². The van der Waals surface area contributed by atoms with E-state index < -0.39 is 0 Å². The highest BCUT2D eigenvalue weighted by Gasteiger charge is 2.14. The molecule has 112 valence electrons. The van der Waals surface area contributed by atoms with Crippen molar-refractivity contribution in [3.63, 3.8) is 0 Å². The first-order valence-corrected chi connectivity index (χ1v) is 7.88. The summed E-state index contributed by atoms with van der Waals surface area (Å²) in [6.07, 6.45) is 3.96. The Morgan fingerprint density at radius 3 is 2.80 bits per heavy atom. The first-order valence-electron chi connectivity index (χ1n) is 7.25. The van der Waals surface area contributed by atoms with E-state index in [1.807, 2.05) is 0 Å². The number of anilines is 1. The normalized spacial score (nSPS) is 17.2. The Labute approximate surface area is 125 Å². The van der Waals surface area contributed by atoms with Crippen molar-refractivity contribution in [2.45, 2.75) is 26.3 Å².